The number of carboxylic acids is 1. The number of fused-ring (bicyclic) bond motifs is 1. The molecule has 0 saturated carbocycles. The number of aliphatic carboxylic acids is 1. The molecule has 0 spiro atoms. The number of rotatable bonds is 8. The second-order valence-corrected chi connectivity index (χ2v) is 7.32. The molecule has 1 aliphatic heterocycles. The normalized spacial score (nSPS) is 18.8. The first-order valence-electron chi connectivity index (χ1n) is 9.34. The SMILES string of the molecule is CN(Cc1cnc2ccccc2n1)C(=O)CC[C@@]1(CCC(=O)O)CCC(=O)N1. The molecule has 1 aliphatic rings. The molecule has 0 radical (unpaired) electrons. The molecule has 28 heavy (non-hydrogen) atoms. The van der Waals surface area contributed by atoms with Crippen LogP contribution in [0.15, 0.2) is 30.5 Å². The summed E-state index contributed by atoms with van der Waals surface area (Å²) < 4.78 is 0. The van der Waals surface area contributed by atoms with Crippen LogP contribution in [0.4, 0.5) is 0 Å². The van der Waals surface area contributed by atoms with Gasteiger partial charge in [0.2, 0.25) is 11.8 Å². The van der Waals surface area contributed by atoms with Crippen molar-refractivity contribution in [3.05, 3.63) is 36.2 Å². The molecule has 2 heterocycles. The van der Waals surface area contributed by atoms with Crippen molar-refractivity contribution in [1.29, 1.82) is 0 Å². The topological polar surface area (TPSA) is 112 Å². The van der Waals surface area contributed by atoms with Crippen LogP contribution in [0.1, 0.15) is 44.2 Å². The summed E-state index contributed by atoms with van der Waals surface area (Å²) in [5, 5.41) is 11.8. The molecule has 0 bridgehead atoms. The Hall–Kier alpha value is -3.03. The lowest BCUT2D eigenvalue weighted by Gasteiger charge is -2.29. The van der Waals surface area contributed by atoms with Crippen molar-refractivity contribution in [1.82, 2.24) is 20.2 Å². The predicted octanol–water partition coefficient (Wildman–Crippen LogP) is 1.88. The number of carbonyl (C=O) groups excluding carboxylic acids is 2. The van der Waals surface area contributed by atoms with Crippen LogP contribution in [0.5, 0.6) is 0 Å². The lowest BCUT2D eigenvalue weighted by Crippen LogP contribution is -2.43. The van der Waals surface area contributed by atoms with E-state index in [1.165, 1.54) is 0 Å². The highest BCUT2D eigenvalue weighted by molar-refractivity contribution is 5.80. The van der Waals surface area contributed by atoms with Gasteiger partial charge in [-0.05, 0) is 31.4 Å². The molecule has 1 aromatic heterocycles. The molecule has 1 atom stereocenters. The van der Waals surface area contributed by atoms with Gasteiger partial charge in [0.05, 0.1) is 29.5 Å². The second kappa shape index (κ2) is 8.33. The first-order valence-corrected chi connectivity index (χ1v) is 9.34. The first-order chi connectivity index (χ1) is 13.4. The lowest BCUT2D eigenvalue weighted by atomic mass is 9.86. The van der Waals surface area contributed by atoms with Crippen molar-refractivity contribution in [2.24, 2.45) is 0 Å². The van der Waals surface area contributed by atoms with E-state index in [-0.39, 0.29) is 24.7 Å². The molecular formula is C20H24N4O4. The van der Waals surface area contributed by atoms with Gasteiger partial charge in [-0.3, -0.25) is 19.4 Å². The van der Waals surface area contributed by atoms with Crippen molar-refractivity contribution in [2.45, 2.75) is 50.6 Å². The summed E-state index contributed by atoms with van der Waals surface area (Å²) in [5.74, 6) is -1.07. The maximum atomic E-state index is 12.6. The third kappa shape index (κ3) is 4.82. The fraction of sp³-hybridized carbons (Fsp3) is 0.450. The largest absolute Gasteiger partial charge is 0.481 e. The first kappa shape index (κ1) is 19.7. The number of hydrogen-bond donors (Lipinski definition) is 2. The molecule has 8 nitrogen and oxygen atoms in total. The van der Waals surface area contributed by atoms with Gasteiger partial charge in [0, 0.05) is 31.8 Å². The van der Waals surface area contributed by atoms with Gasteiger partial charge in [-0.25, -0.2) is 4.98 Å². The molecular weight excluding hydrogens is 360 g/mol. The van der Waals surface area contributed by atoms with E-state index in [2.05, 4.69) is 15.3 Å². The van der Waals surface area contributed by atoms with Crippen LogP contribution in [0, 0.1) is 0 Å². The summed E-state index contributed by atoms with van der Waals surface area (Å²) in [5.41, 5.74) is 1.68. The molecule has 0 unspecified atom stereocenters. The molecule has 2 aromatic rings. The summed E-state index contributed by atoms with van der Waals surface area (Å²) in [6.45, 7) is 0.338. The highest BCUT2D eigenvalue weighted by Crippen LogP contribution is 2.30. The van der Waals surface area contributed by atoms with E-state index in [1.54, 1.807) is 18.1 Å². The number of amides is 2. The number of hydrogen-bond acceptors (Lipinski definition) is 5. The second-order valence-electron chi connectivity index (χ2n) is 7.32. The van der Waals surface area contributed by atoms with Gasteiger partial charge >= 0.3 is 5.97 Å². The van der Waals surface area contributed by atoms with E-state index in [0.29, 0.717) is 37.9 Å². The van der Waals surface area contributed by atoms with Gasteiger partial charge in [0.15, 0.2) is 0 Å². The van der Waals surface area contributed by atoms with Crippen molar-refractivity contribution in [2.75, 3.05) is 7.05 Å². The van der Waals surface area contributed by atoms with Crippen LogP contribution < -0.4 is 5.32 Å². The standard InChI is InChI=1S/C20H24N4O4/c1-24(13-14-12-21-15-4-2-3-5-16(15)22-14)18(26)7-10-20(11-8-19(27)28)9-6-17(25)23-20/h2-5,12H,6-11,13H2,1H3,(H,23,25)(H,27,28)/t20-/m1/s1. The molecule has 8 heteroatoms. The van der Waals surface area contributed by atoms with E-state index in [0.717, 1.165) is 11.0 Å². The van der Waals surface area contributed by atoms with E-state index < -0.39 is 11.5 Å². The molecule has 3 rings (SSSR count). The molecule has 148 valence electrons. The fourth-order valence-corrected chi connectivity index (χ4v) is 3.56. The number of carbonyl (C=O) groups is 3. The Balaban J connectivity index is 1.59. The number of para-hydroxylation sites is 2. The summed E-state index contributed by atoms with van der Waals surface area (Å²) in [4.78, 5) is 45.6. The Kier molecular flexibility index (Phi) is 5.87. The van der Waals surface area contributed by atoms with Gasteiger partial charge in [-0.2, -0.15) is 0 Å². The summed E-state index contributed by atoms with van der Waals surface area (Å²) in [7, 11) is 1.70. The number of aromatic nitrogens is 2. The minimum atomic E-state index is -0.904. The predicted molar refractivity (Wildman–Crippen MR) is 102 cm³/mol. The molecule has 1 saturated heterocycles. The molecule has 0 aliphatic carbocycles. The highest BCUT2D eigenvalue weighted by atomic mass is 16.4. The van der Waals surface area contributed by atoms with Gasteiger partial charge in [0.1, 0.15) is 0 Å². The molecule has 1 aromatic carbocycles. The van der Waals surface area contributed by atoms with Gasteiger partial charge < -0.3 is 15.3 Å². The van der Waals surface area contributed by atoms with Crippen molar-refractivity contribution >= 4 is 28.8 Å². The quantitative estimate of drug-likeness (QED) is 0.719. The van der Waals surface area contributed by atoms with Crippen LogP contribution in [-0.4, -0.2) is 50.3 Å². The Morgan fingerprint density at radius 2 is 1.93 bits per heavy atom. The van der Waals surface area contributed by atoms with Crippen molar-refractivity contribution in [3.8, 4) is 0 Å². The highest BCUT2D eigenvalue weighted by Gasteiger charge is 2.38. The van der Waals surface area contributed by atoms with Gasteiger partial charge in [0.25, 0.3) is 0 Å². The Labute approximate surface area is 163 Å². The summed E-state index contributed by atoms with van der Waals surface area (Å²) in [6, 6.07) is 7.55. The van der Waals surface area contributed by atoms with E-state index >= 15 is 0 Å². The summed E-state index contributed by atoms with van der Waals surface area (Å²) >= 11 is 0. The maximum absolute atomic E-state index is 12.6. The molecule has 2 amide bonds. The third-order valence-electron chi connectivity index (χ3n) is 5.19. The third-order valence-corrected chi connectivity index (χ3v) is 5.19. The Morgan fingerprint density at radius 1 is 1.21 bits per heavy atom. The number of carboxylic acid groups (broad SMARTS) is 1. The zero-order valence-electron chi connectivity index (χ0n) is 15.9. The van der Waals surface area contributed by atoms with Crippen LogP contribution >= 0.6 is 0 Å². The zero-order valence-corrected chi connectivity index (χ0v) is 15.9. The molecule has 2 N–H and O–H groups in total. The average Bonchev–Trinajstić information content (AvgIpc) is 3.05. The lowest BCUT2D eigenvalue weighted by molar-refractivity contribution is -0.137. The Bertz CT molecular complexity index is 901. The van der Waals surface area contributed by atoms with E-state index in [1.807, 2.05) is 24.3 Å². The monoisotopic (exact) mass is 384 g/mol. The molecule has 1 fully saturated rings. The maximum Gasteiger partial charge on any atom is 0.303 e. The zero-order chi connectivity index (χ0) is 20.1. The van der Waals surface area contributed by atoms with Crippen LogP contribution in [-0.2, 0) is 20.9 Å². The van der Waals surface area contributed by atoms with Crippen LogP contribution in [0.3, 0.4) is 0 Å². The van der Waals surface area contributed by atoms with Crippen LogP contribution in [0.2, 0.25) is 0 Å². The van der Waals surface area contributed by atoms with Crippen molar-refractivity contribution in [3.63, 3.8) is 0 Å². The van der Waals surface area contributed by atoms with E-state index in [4.69, 9.17) is 5.11 Å². The van der Waals surface area contributed by atoms with E-state index in [9.17, 15) is 14.4 Å². The Morgan fingerprint density at radius 3 is 2.61 bits per heavy atom. The summed E-state index contributed by atoms with van der Waals surface area (Å²) in [6.07, 6.45) is 3.56. The van der Waals surface area contributed by atoms with Crippen LogP contribution in [0.25, 0.3) is 11.0 Å². The number of benzene rings is 1. The van der Waals surface area contributed by atoms with Gasteiger partial charge in [-0.1, -0.05) is 12.1 Å². The fourth-order valence-electron chi connectivity index (χ4n) is 3.56. The minimum Gasteiger partial charge on any atom is -0.481 e. The number of nitrogens with one attached hydrogen (secondary N) is 1. The van der Waals surface area contributed by atoms with Crippen molar-refractivity contribution < 1.29 is 19.5 Å². The number of nitrogens with zero attached hydrogens (tertiary/aromatic N) is 3. The van der Waals surface area contributed by atoms with Gasteiger partial charge in [-0.15, -0.1) is 0 Å². The minimum absolute atomic E-state index is 0.0308. The average molecular weight is 384 g/mol. The smallest absolute Gasteiger partial charge is 0.303 e.